The van der Waals surface area contributed by atoms with Gasteiger partial charge in [0, 0.05) is 21.7 Å². The Labute approximate surface area is 175 Å². The van der Waals surface area contributed by atoms with Crippen LogP contribution < -0.4 is 5.32 Å². The third-order valence-electron chi connectivity index (χ3n) is 4.55. The van der Waals surface area contributed by atoms with Gasteiger partial charge in [-0.3, -0.25) is 10.1 Å². The molecule has 0 bridgehead atoms. The number of imidazole rings is 1. The zero-order chi connectivity index (χ0) is 20.5. The van der Waals surface area contributed by atoms with E-state index in [9.17, 15) is 4.79 Å². The molecule has 2 heterocycles. The van der Waals surface area contributed by atoms with E-state index < -0.39 is 0 Å². The zero-order valence-electron chi connectivity index (χ0n) is 15.5. The number of halogens is 1. The van der Waals surface area contributed by atoms with E-state index in [1.54, 1.807) is 24.3 Å². The fourth-order valence-corrected chi connectivity index (χ4v) is 3.24. The number of nitrogens with zero attached hydrogens (tertiary/aromatic N) is 3. The van der Waals surface area contributed by atoms with E-state index in [0.717, 1.165) is 16.6 Å². The van der Waals surface area contributed by atoms with E-state index in [-0.39, 0.29) is 17.8 Å². The van der Waals surface area contributed by atoms with Gasteiger partial charge in [0.25, 0.3) is 11.8 Å². The Hall–Kier alpha value is -3.97. The Balaban J connectivity index is 1.45. The van der Waals surface area contributed by atoms with E-state index >= 15 is 0 Å². The Bertz CT molecular complexity index is 1320. The highest BCUT2D eigenvalue weighted by molar-refractivity contribution is 6.30. The SMILES string of the molecule is O=C(Nc1nnc(-c2ccccc2-c2nc3ccccc3[nH]2)o1)c1ccc(Cl)cc1. The molecule has 0 aliphatic heterocycles. The highest BCUT2D eigenvalue weighted by Crippen LogP contribution is 2.31. The first-order valence-corrected chi connectivity index (χ1v) is 9.50. The number of hydrogen-bond donors (Lipinski definition) is 2. The molecule has 0 aliphatic rings. The lowest BCUT2D eigenvalue weighted by Crippen LogP contribution is -2.11. The van der Waals surface area contributed by atoms with Crippen LogP contribution in [0.5, 0.6) is 0 Å². The lowest BCUT2D eigenvalue weighted by atomic mass is 10.1. The molecule has 146 valence electrons. The molecular formula is C22H14ClN5O2. The average molecular weight is 416 g/mol. The largest absolute Gasteiger partial charge is 0.403 e. The van der Waals surface area contributed by atoms with Gasteiger partial charge in [-0.1, -0.05) is 47.0 Å². The summed E-state index contributed by atoms with van der Waals surface area (Å²) in [6.07, 6.45) is 0. The smallest absolute Gasteiger partial charge is 0.322 e. The maximum atomic E-state index is 12.4. The van der Waals surface area contributed by atoms with Crippen molar-refractivity contribution in [3.63, 3.8) is 0 Å². The van der Waals surface area contributed by atoms with E-state index in [0.29, 0.717) is 22.0 Å². The number of para-hydroxylation sites is 2. The quantitative estimate of drug-likeness (QED) is 0.421. The fraction of sp³-hybridized carbons (Fsp3) is 0. The highest BCUT2D eigenvalue weighted by Gasteiger charge is 2.17. The summed E-state index contributed by atoms with van der Waals surface area (Å²) in [4.78, 5) is 20.3. The molecule has 8 heteroatoms. The zero-order valence-corrected chi connectivity index (χ0v) is 16.2. The number of carbonyl (C=O) groups is 1. The summed E-state index contributed by atoms with van der Waals surface area (Å²) in [6, 6.07) is 21.9. The number of aromatic amines is 1. The monoisotopic (exact) mass is 415 g/mol. The van der Waals surface area contributed by atoms with Crippen molar-refractivity contribution in [2.75, 3.05) is 5.32 Å². The Morgan fingerprint density at radius 1 is 0.900 bits per heavy atom. The Kier molecular flexibility index (Phi) is 4.49. The second-order valence-electron chi connectivity index (χ2n) is 6.52. The minimum absolute atomic E-state index is 0.00404. The second kappa shape index (κ2) is 7.46. The molecule has 30 heavy (non-hydrogen) atoms. The van der Waals surface area contributed by atoms with Gasteiger partial charge >= 0.3 is 6.01 Å². The third-order valence-corrected chi connectivity index (χ3v) is 4.81. The van der Waals surface area contributed by atoms with Gasteiger partial charge in [-0.05, 0) is 42.5 Å². The second-order valence-corrected chi connectivity index (χ2v) is 6.96. The predicted molar refractivity (Wildman–Crippen MR) is 114 cm³/mol. The molecule has 0 saturated carbocycles. The molecule has 3 aromatic carbocycles. The maximum absolute atomic E-state index is 12.4. The van der Waals surface area contributed by atoms with Gasteiger partial charge < -0.3 is 9.40 Å². The Morgan fingerprint density at radius 3 is 2.43 bits per heavy atom. The van der Waals surface area contributed by atoms with Crippen LogP contribution in [-0.4, -0.2) is 26.1 Å². The number of anilines is 1. The summed E-state index contributed by atoms with van der Waals surface area (Å²) in [5, 5.41) is 11.2. The van der Waals surface area contributed by atoms with Crippen LogP contribution in [0.4, 0.5) is 6.01 Å². The molecule has 2 N–H and O–H groups in total. The van der Waals surface area contributed by atoms with Gasteiger partial charge in [-0.25, -0.2) is 4.98 Å². The van der Waals surface area contributed by atoms with E-state index in [4.69, 9.17) is 16.0 Å². The summed E-state index contributed by atoms with van der Waals surface area (Å²) in [7, 11) is 0. The number of fused-ring (bicyclic) bond motifs is 1. The van der Waals surface area contributed by atoms with Crippen LogP contribution in [-0.2, 0) is 0 Å². The molecule has 0 radical (unpaired) electrons. The topological polar surface area (TPSA) is 96.7 Å². The van der Waals surface area contributed by atoms with Crippen molar-refractivity contribution in [3.8, 4) is 22.8 Å². The standard InChI is InChI=1S/C22H14ClN5O2/c23-14-11-9-13(10-12-14)20(29)26-22-28-27-21(30-22)16-6-2-1-5-15(16)19-24-17-7-3-4-8-18(17)25-19/h1-12H,(H,24,25)(H,26,28,29). The first-order valence-electron chi connectivity index (χ1n) is 9.12. The maximum Gasteiger partial charge on any atom is 0.322 e. The summed E-state index contributed by atoms with van der Waals surface area (Å²) in [5.74, 6) is 0.599. The number of aromatic nitrogens is 4. The van der Waals surface area contributed by atoms with Crippen LogP contribution in [0.2, 0.25) is 5.02 Å². The van der Waals surface area contributed by atoms with Crippen LogP contribution in [0.15, 0.2) is 77.2 Å². The van der Waals surface area contributed by atoms with Crippen molar-refractivity contribution in [2.45, 2.75) is 0 Å². The number of hydrogen-bond acceptors (Lipinski definition) is 5. The molecule has 0 aliphatic carbocycles. The molecule has 7 nitrogen and oxygen atoms in total. The number of benzene rings is 3. The van der Waals surface area contributed by atoms with Gasteiger partial charge in [0.2, 0.25) is 0 Å². The molecular weight excluding hydrogens is 402 g/mol. The summed E-state index contributed by atoms with van der Waals surface area (Å²) in [6.45, 7) is 0. The van der Waals surface area contributed by atoms with E-state index in [1.807, 2.05) is 48.5 Å². The van der Waals surface area contributed by atoms with Crippen molar-refractivity contribution < 1.29 is 9.21 Å². The van der Waals surface area contributed by atoms with Crippen LogP contribution in [0.1, 0.15) is 10.4 Å². The van der Waals surface area contributed by atoms with Crippen molar-refractivity contribution in [1.29, 1.82) is 0 Å². The Morgan fingerprint density at radius 2 is 1.63 bits per heavy atom. The van der Waals surface area contributed by atoms with Crippen molar-refractivity contribution in [2.24, 2.45) is 0 Å². The normalized spacial score (nSPS) is 11.0. The minimum Gasteiger partial charge on any atom is -0.403 e. The molecule has 2 aromatic heterocycles. The fourth-order valence-electron chi connectivity index (χ4n) is 3.11. The van der Waals surface area contributed by atoms with Crippen molar-refractivity contribution in [1.82, 2.24) is 20.2 Å². The number of H-pyrrole nitrogens is 1. The van der Waals surface area contributed by atoms with E-state index in [1.165, 1.54) is 0 Å². The third kappa shape index (κ3) is 3.42. The van der Waals surface area contributed by atoms with E-state index in [2.05, 4.69) is 25.5 Å². The van der Waals surface area contributed by atoms with Crippen LogP contribution in [0, 0.1) is 0 Å². The number of rotatable bonds is 4. The summed E-state index contributed by atoms with van der Waals surface area (Å²) >= 11 is 5.86. The van der Waals surface area contributed by atoms with Gasteiger partial charge in [-0.2, -0.15) is 0 Å². The molecule has 0 atom stereocenters. The van der Waals surface area contributed by atoms with Crippen molar-refractivity contribution in [3.05, 3.63) is 83.4 Å². The van der Waals surface area contributed by atoms with Crippen LogP contribution >= 0.6 is 11.6 Å². The predicted octanol–water partition coefficient (Wildman–Crippen LogP) is 5.19. The van der Waals surface area contributed by atoms with Crippen LogP contribution in [0.3, 0.4) is 0 Å². The van der Waals surface area contributed by atoms with Gasteiger partial charge in [0.15, 0.2) is 0 Å². The minimum atomic E-state index is -0.368. The molecule has 0 spiro atoms. The summed E-state index contributed by atoms with van der Waals surface area (Å²) < 4.78 is 5.70. The highest BCUT2D eigenvalue weighted by atomic mass is 35.5. The number of carbonyl (C=O) groups excluding carboxylic acids is 1. The first kappa shape index (κ1) is 18.1. The average Bonchev–Trinajstić information content (AvgIpc) is 3.41. The molecule has 0 saturated heterocycles. The van der Waals surface area contributed by atoms with Gasteiger partial charge in [-0.15, -0.1) is 5.10 Å². The molecule has 1 amide bonds. The number of amides is 1. The molecule has 5 aromatic rings. The molecule has 0 fully saturated rings. The van der Waals surface area contributed by atoms with Crippen molar-refractivity contribution >= 4 is 34.6 Å². The van der Waals surface area contributed by atoms with Gasteiger partial charge in [0.1, 0.15) is 5.82 Å². The lowest BCUT2D eigenvalue weighted by Gasteiger charge is -2.03. The first-order chi connectivity index (χ1) is 14.7. The molecule has 5 rings (SSSR count). The lowest BCUT2D eigenvalue weighted by molar-refractivity contribution is 0.102. The summed E-state index contributed by atoms with van der Waals surface area (Å²) in [5.41, 5.74) is 3.75. The number of nitrogens with one attached hydrogen (secondary N) is 2. The molecule has 0 unspecified atom stereocenters. The van der Waals surface area contributed by atoms with Crippen LogP contribution in [0.25, 0.3) is 33.9 Å². The van der Waals surface area contributed by atoms with Gasteiger partial charge in [0.05, 0.1) is 11.0 Å².